The Balaban J connectivity index is 2.72. The number of hydrogen-bond acceptors (Lipinski definition) is 5. The maximum Gasteiger partial charge on any atom is 0.293 e. The SMILES string of the molecule is COCC(O)CCNc1cc(F)c(Br)cc1[N+](=O)[O-]. The van der Waals surface area contributed by atoms with Gasteiger partial charge in [-0.05, 0) is 22.4 Å². The molecule has 106 valence electrons. The molecule has 0 aliphatic carbocycles. The lowest BCUT2D eigenvalue weighted by Gasteiger charge is -2.11. The van der Waals surface area contributed by atoms with Gasteiger partial charge in [-0.2, -0.15) is 0 Å². The number of methoxy groups -OCH3 is 1. The van der Waals surface area contributed by atoms with Crippen LogP contribution in [-0.2, 0) is 4.74 Å². The second-order valence-corrected chi connectivity index (χ2v) is 4.72. The molecule has 2 N–H and O–H groups in total. The second kappa shape index (κ2) is 7.37. The number of ether oxygens (including phenoxy) is 1. The van der Waals surface area contributed by atoms with Crippen LogP contribution in [0.3, 0.4) is 0 Å². The number of hydrogen-bond donors (Lipinski definition) is 2. The number of nitro benzene ring substituents is 1. The van der Waals surface area contributed by atoms with Gasteiger partial charge in [0, 0.05) is 25.8 Å². The smallest absolute Gasteiger partial charge is 0.293 e. The molecule has 19 heavy (non-hydrogen) atoms. The van der Waals surface area contributed by atoms with E-state index in [9.17, 15) is 19.6 Å². The number of anilines is 1. The highest BCUT2D eigenvalue weighted by atomic mass is 79.9. The van der Waals surface area contributed by atoms with Gasteiger partial charge in [0.1, 0.15) is 11.5 Å². The topological polar surface area (TPSA) is 84.6 Å². The van der Waals surface area contributed by atoms with Crippen molar-refractivity contribution in [1.29, 1.82) is 0 Å². The summed E-state index contributed by atoms with van der Waals surface area (Å²) in [5.74, 6) is -0.592. The zero-order valence-corrected chi connectivity index (χ0v) is 11.8. The van der Waals surface area contributed by atoms with E-state index in [-0.39, 0.29) is 29.0 Å². The molecular formula is C11H14BrFN2O4. The Labute approximate surface area is 117 Å². The van der Waals surface area contributed by atoms with E-state index >= 15 is 0 Å². The minimum absolute atomic E-state index is 0.0316. The molecule has 0 saturated heterocycles. The van der Waals surface area contributed by atoms with Crippen LogP contribution in [0, 0.1) is 15.9 Å². The molecule has 1 unspecified atom stereocenters. The van der Waals surface area contributed by atoms with Gasteiger partial charge in [-0.3, -0.25) is 10.1 Å². The maximum absolute atomic E-state index is 13.4. The monoisotopic (exact) mass is 336 g/mol. The zero-order chi connectivity index (χ0) is 14.4. The van der Waals surface area contributed by atoms with E-state index in [1.165, 1.54) is 7.11 Å². The van der Waals surface area contributed by atoms with Crippen LogP contribution in [0.1, 0.15) is 6.42 Å². The molecule has 8 heteroatoms. The molecule has 1 rings (SSSR count). The number of halogens is 2. The summed E-state index contributed by atoms with van der Waals surface area (Å²) in [6.07, 6.45) is -0.334. The Morgan fingerprint density at radius 3 is 2.89 bits per heavy atom. The van der Waals surface area contributed by atoms with Crippen LogP contribution in [0.15, 0.2) is 16.6 Å². The van der Waals surface area contributed by atoms with Gasteiger partial charge in [0.25, 0.3) is 5.69 Å². The molecule has 6 nitrogen and oxygen atoms in total. The van der Waals surface area contributed by atoms with Crippen LogP contribution in [-0.4, -0.2) is 36.4 Å². The number of aliphatic hydroxyl groups excluding tert-OH is 1. The lowest BCUT2D eigenvalue weighted by Crippen LogP contribution is -2.18. The van der Waals surface area contributed by atoms with Gasteiger partial charge in [0.15, 0.2) is 0 Å². The molecule has 1 aromatic rings. The van der Waals surface area contributed by atoms with Gasteiger partial charge in [-0.25, -0.2) is 4.39 Å². The highest BCUT2D eigenvalue weighted by molar-refractivity contribution is 9.10. The summed E-state index contributed by atoms with van der Waals surface area (Å²) in [7, 11) is 1.46. The molecule has 0 radical (unpaired) electrons. The third kappa shape index (κ3) is 4.73. The first kappa shape index (κ1) is 15.8. The molecule has 0 aliphatic rings. The van der Waals surface area contributed by atoms with Gasteiger partial charge in [-0.15, -0.1) is 0 Å². The van der Waals surface area contributed by atoms with E-state index in [0.29, 0.717) is 6.42 Å². The van der Waals surface area contributed by atoms with Gasteiger partial charge in [-0.1, -0.05) is 0 Å². The molecule has 0 heterocycles. The standard InChI is InChI=1S/C11H14BrFN2O4/c1-19-6-7(16)2-3-14-10-5-9(13)8(12)4-11(10)15(17)18/h4-5,7,14,16H,2-3,6H2,1H3. The molecule has 0 fully saturated rings. The first-order valence-corrected chi connectivity index (χ1v) is 6.29. The van der Waals surface area contributed by atoms with Crippen LogP contribution in [0.2, 0.25) is 0 Å². The minimum Gasteiger partial charge on any atom is -0.391 e. The van der Waals surface area contributed by atoms with Gasteiger partial charge in [0.2, 0.25) is 0 Å². The van der Waals surface area contributed by atoms with E-state index in [0.717, 1.165) is 12.1 Å². The van der Waals surface area contributed by atoms with Gasteiger partial charge >= 0.3 is 0 Å². The summed E-state index contributed by atoms with van der Waals surface area (Å²) in [6, 6.07) is 2.15. The van der Waals surface area contributed by atoms with Gasteiger partial charge < -0.3 is 15.2 Å². The molecule has 0 spiro atoms. The average Bonchev–Trinajstić information content (AvgIpc) is 2.33. The fraction of sp³-hybridized carbons (Fsp3) is 0.455. The number of nitrogens with one attached hydrogen (secondary N) is 1. The molecule has 0 saturated carbocycles. The van der Waals surface area contributed by atoms with E-state index in [2.05, 4.69) is 21.2 Å². The van der Waals surface area contributed by atoms with Crippen molar-refractivity contribution in [3.63, 3.8) is 0 Å². The average molecular weight is 337 g/mol. The summed E-state index contributed by atoms with van der Waals surface area (Å²) >= 11 is 2.90. The predicted molar refractivity (Wildman–Crippen MR) is 71.7 cm³/mol. The fourth-order valence-corrected chi connectivity index (χ4v) is 1.81. The molecule has 0 aliphatic heterocycles. The van der Waals surface area contributed by atoms with E-state index < -0.39 is 16.8 Å². The summed E-state index contributed by atoms with van der Waals surface area (Å²) in [6.45, 7) is 0.449. The normalized spacial score (nSPS) is 12.2. The van der Waals surface area contributed by atoms with Crippen LogP contribution in [0.4, 0.5) is 15.8 Å². The van der Waals surface area contributed by atoms with E-state index in [1.54, 1.807) is 0 Å². The van der Waals surface area contributed by atoms with Crippen LogP contribution < -0.4 is 5.32 Å². The first-order chi connectivity index (χ1) is 8.95. The lowest BCUT2D eigenvalue weighted by atomic mass is 10.2. The Kier molecular flexibility index (Phi) is 6.13. The maximum atomic E-state index is 13.4. The number of rotatable bonds is 7. The largest absolute Gasteiger partial charge is 0.391 e. The molecule has 0 aromatic heterocycles. The quantitative estimate of drug-likeness (QED) is 0.589. The van der Waals surface area contributed by atoms with Crippen LogP contribution in [0.5, 0.6) is 0 Å². The van der Waals surface area contributed by atoms with Crippen molar-refractivity contribution in [2.75, 3.05) is 25.6 Å². The summed E-state index contributed by atoms with van der Waals surface area (Å²) in [5.41, 5.74) is -0.148. The highest BCUT2D eigenvalue weighted by Crippen LogP contribution is 2.30. The highest BCUT2D eigenvalue weighted by Gasteiger charge is 2.17. The Hall–Kier alpha value is -1.25. The Morgan fingerprint density at radius 1 is 1.63 bits per heavy atom. The van der Waals surface area contributed by atoms with E-state index in [1.807, 2.05) is 0 Å². The molecule has 0 amide bonds. The fourth-order valence-electron chi connectivity index (χ4n) is 1.48. The zero-order valence-electron chi connectivity index (χ0n) is 10.2. The van der Waals surface area contributed by atoms with Gasteiger partial charge in [0.05, 0.1) is 22.1 Å². The summed E-state index contributed by atoms with van der Waals surface area (Å²) in [4.78, 5) is 10.2. The predicted octanol–water partition coefficient (Wildman–Crippen LogP) is 2.31. The van der Waals surface area contributed by atoms with Crippen molar-refractivity contribution in [1.82, 2.24) is 0 Å². The summed E-state index contributed by atoms with van der Waals surface area (Å²) < 4.78 is 18.1. The molecule has 1 atom stereocenters. The molecule has 1 aromatic carbocycles. The lowest BCUT2D eigenvalue weighted by molar-refractivity contribution is -0.384. The van der Waals surface area contributed by atoms with Crippen molar-refractivity contribution in [2.24, 2.45) is 0 Å². The Morgan fingerprint density at radius 2 is 2.32 bits per heavy atom. The van der Waals surface area contributed by atoms with Crippen molar-refractivity contribution in [2.45, 2.75) is 12.5 Å². The second-order valence-electron chi connectivity index (χ2n) is 3.87. The van der Waals surface area contributed by atoms with Crippen LogP contribution >= 0.6 is 15.9 Å². The molecular weight excluding hydrogens is 323 g/mol. The number of nitro groups is 1. The molecule has 0 bridgehead atoms. The van der Waals surface area contributed by atoms with E-state index in [4.69, 9.17) is 4.74 Å². The van der Waals surface area contributed by atoms with Crippen molar-refractivity contribution in [3.8, 4) is 0 Å². The number of aliphatic hydroxyl groups is 1. The third-order valence-electron chi connectivity index (χ3n) is 2.39. The first-order valence-electron chi connectivity index (χ1n) is 5.50. The van der Waals surface area contributed by atoms with Crippen molar-refractivity contribution < 1.29 is 19.2 Å². The third-order valence-corrected chi connectivity index (χ3v) is 3.00. The minimum atomic E-state index is -0.670. The van der Waals surface area contributed by atoms with Crippen molar-refractivity contribution in [3.05, 3.63) is 32.5 Å². The number of nitrogens with zero attached hydrogens (tertiary/aromatic N) is 1. The van der Waals surface area contributed by atoms with Crippen molar-refractivity contribution >= 4 is 27.3 Å². The number of benzene rings is 1. The van der Waals surface area contributed by atoms with Crippen LogP contribution in [0.25, 0.3) is 0 Å². The Bertz CT molecular complexity index is 459. The summed E-state index contributed by atoms with van der Waals surface area (Å²) in [5, 5.41) is 23.0.